The van der Waals surface area contributed by atoms with Gasteiger partial charge >= 0.3 is 0 Å². The molecule has 6 nitrogen and oxygen atoms in total. The van der Waals surface area contributed by atoms with Crippen LogP contribution < -0.4 is 9.46 Å². The van der Waals surface area contributed by atoms with Gasteiger partial charge in [-0.25, -0.2) is 8.42 Å². The predicted octanol–water partition coefficient (Wildman–Crippen LogP) is 2.09. The number of benzene rings is 1. The highest BCUT2D eigenvalue weighted by Crippen LogP contribution is 2.29. The molecule has 1 heterocycles. The molecule has 0 saturated heterocycles. The lowest BCUT2D eigenvalue weighted by Gasteiger charge is -2.09. The first-order chi connectivity index (χ1) is 9.87. The summed E-state index contributed by atoms with van der Waals surface area (Å²) in [4.78, 5) is 0.0935. The molecule has 0 aliphatic carbocycles. The second kappa shape index (κ2) is 6.08. The van der Waals surface area contributed by atoms with Crippen LogP contribution >= 0.6 is 15.9 Å². The van der Waals surface area contributed by atoms with Crippen molar-refractivity contribution in [1.82, 2.24) is 4.57 Å². The number of anilines is 1. The summed E-state index contributed by atoms with van der Waals surface area (Å²) in [6, 6.07) is 6.33. The summed E-state index contributed by atoms with van der Waals surface area (Å²) in [5.41, 5.74) is 0.910. The van der Waals surface area contributed by atoms with E-state index in [0.29, 0.717) is 17.1 Å². The summed E-state index contributed by atoms with van der Waals surface area (Å²) in [5, 5.41) is 9.13. The monoisotopic (exact) mass is 374 g/mol. The van der Waals surface area contributed by atoms with Crippen LogP contribution in [0.4, 0.5) is 5.69 Å². The third-order valence-electron chi connectivity index (χ3n) is 2.96. The number of ether oxygens (including phenoxy) is 1. The topological polar surface area (TPSA) is 80.6 Å². The van der Waals surface area contributed by atoms with E-state index in [1.54, 1.807) is 29.8 Å². The van der Waals surface area contributed by atoms with Gasteiger partial charge in [0.25, 0.3) is 10.0 Å². The number of aliphatic hydroxyl groups is 1. The molecular formula is C13H15BrN2O4S. The van der Waals surface area contributed by atoms with Crippen molar-refractivity contribution in [2.24, 2.45) is 7.05 Å². The van der Waals surface area contributed by atoms with Crippen LogP contribution in [0.15, 0.2) is 39.8 Å². The first kappa shape index (κ1) is 15.9. The maximum absolute atomic E-state index is 12.3. The summed E-state index contributed by atoms with van der Waals surface area (Å²) in [5.74, 6) is 0.527. The largest absolute Gasteiger partial charge is 0.495 e. The molecule has 2 rings (SSSR count). The van der Waals surface area contributed by atoms with Crippen LogP contribution in [0.3, 0.4) is 0 Å². The zero-order chi connectivity index (χ0) is 15.6. The van der Waals surface area contributed by atoms with E-state index in [4.69, 9.17) is 9.84 Å². The molecule has 0 amide bonds. The van der Waals surface area contributed by atoms with Gasteiger partial charge in [0.15, 0.2) is 0 Å². The highest BCUT2D eigenvalue weighted by atomic mass is 79.9. The summed E-state index contributed by atoms with van der Waals surface area (Å²) < 4.78 is 34.5. The molecule has 8 heteroatoms. The number of nitrogens with zero attached hydrogens (tertiary/aromatic N) is 1. The van der Waals surface area contributed by atoms with E-state index >= 15 is 0 Å². The first-order valence-corrected chi connectivity index (χ1v) is 8.27. The van der Waals surface area contributed by atoms with Crippen LogP contribution in [-0.4, -0.2) is 25.2 Å². The third kappa shape index (κ3) is 3.39. The smallest absolute Gasteiger partial charge is 0.263 e. The Morgan fingerprint density at radius 3 is 2.67 bits per heavy atom. The molecular weight excluding hydrogens is 360 g/mol. The molecule has 1 aromatic carbocycles. The molecule has 0 bridgehead atoms. The van der Waals surface area contributed by atoms with Gasteiger partial charge in [0.2, 0.25) is 0 Å². The van der Waals surface area contributed by atoms with Crippen molar-refractivity contribution in [2.75, 3.05) is 11.8 Å². The van der Waals surface area contributed by atoms with Crippen molar-refractivity contribution in [1.29, 1.82) is 0 Å². The normalized spacial score (nSPS) is 11.4. The summed E-state index contributed by atoms with van der Waals surface area (Å²) in [7, 11) is -0.539. The summed E-state index contributed by atoms with van der Waals surface area (Å²) in [6.07, 6.45) is 1.45. The van der Waals surface area contributed by atoms with Gasteiger partial charge in [-0.2, -0.15) is 0 Å². The fraction of sp³-hybridized carbons (Fsp3) is 0.231. The van der Waals surface area contributed by atoms with Crippen molar-refractivity contribution < 1.29 is 18.3 Å². The quantitative estimate of drug-likeness (QED) is 0.839. The molecule has 2 aromatic rings. The number of aliphatic hydroxyl groups excluding tert-OH is 1. The Morgan fingerprint density at radius 2 is 2.10 bits per heavy atom. The van der Waals surface area contributed by atoms with Crippen LogP contribution in [0, 0.1) is 0 Å². The predicted molar refractivity (Wildman–Crippen MR) is 82.8 cm³/mol. The summed E-state index contributed by atoms with van der Waals surface area (Å²) >= 11 is 3.30. The van der Waals surface area contributed by atoms with Gasteiger partial charge in [-0.15, -0.1) is 0 Å². The molecule has 0 fully saturated rings. The first-order valence-electron chi connectivity index (χ1n) is 6.00. The van der Waals surface area contributed by atoms with E-state index in [-0.39, 0.29) is 11.5 Å². The molecule has 1 aromatic heterocycles. The van der Waals surface area contributed by atoms with Crippen LogP contribution in [0.5, 0.6) is 5.75 Å². The Kier molecular flexibility index (Phi) is 4.60. The Hall–Kier alpha value is -1.51. The standard InChI is InChI=1S/C13H15BrN2O4S/c1-16-7-11(6-10(16)8-17)21(18,19)15-9-3-4-12(14)13(5-9)20-2/h3-7,15,17H,8H2,1-2H3. The van der Waals surface area contributed by atoms with E-state index in [9.17, 15) is 8.42 Å². The molecule has 0 radical (unpaired) electrons. The molecule has 114 valence electrons. The number of sulfonamides is 1. The minimum atomic E-state index is -3.72. The minimum Gasteiger partial charge on any atom is -0.495 e. The SMILES string of the molecule is COc1cc(NS(=O)(=O)c2cc(CO)n(C)c2)ccc1Br. The molecule has 0 atom stereocenters. The van der Waals surface area contributed by atoms with Gasteiger partial charge in [0.05, 0.1) is 23.9 Å². The number of aryl methyl sites for hydroxylation is 1. The van der Waals surface area contributed by atoms with E-state index in [1.165, 1.54) is 19.4 Å². The lowest BCUT2D eigenvalue weighted by molar-refractivity contribution is 0.272. The second-order valence-corrected chi connectivity index (χ2v) is 6.93. The van der Waals surface area contributed by atoms with Crippen LogP contribution in [-0.2, 0) is 23.7 Å². The number of hydrogen-bond donors (Lipinski definition) is 2. The number of hydrogen-bond acceptors (Lipinski definition) is 4. The maximum atomic E-state index is 12.3. The van der Waals surface area contributed by atoms with Gasteiger partial charge < -0.3 is 14.4 Å². The van der Waals surface area contributed by atoms with E-state index in [0.717, 1.165) is 4.47 Å². The number of aromatic nitrogens is 1. The van der Waals surface area contributed by atoms with Crippen LogP contribution in [0.1, 0.15) is 5.69 Å². The Labute approximate surface area is 131 Å². The molecule has 0 aliphatic heterocycles. The molecule has 0 spiro atoms. The number of methoxy groups -OCH3 is 1. The Bertz CT molecular complexity index is 756. The number of nitrogens with one attached hydrogen (secondary N) is 1. The average molecular weight is 375 g/mol. The summed E-state index contributed by atoms with van der Waals surface area (Å²) in [6.45, 7) is -0.224. The van der Waals surface area contributed by atoms with Gasteiger partial charge in [-0.3, -0.25) is 4.72 Å². The third-order valence-corrected chi connectivity index (χ3v) is 4.96. The molecule has 21 heavy (non-hydrogen) atoms. The van der Waals surface area contributed by atoms with E-state index in [1.807, 2.05) is 0 Å². The molecule has 2 N–H and O–H groups in total. The van der Waals surface area contributed by atoms with Gasteiger partial charge in [0, 0.05) is 25.0 Å². The van der Waals surface area contributed by atoms with Gasteiger partial charge in [-0.05, 0) is 34.1 Å². The van der Waals surface area contributed by atoms with E-state index < -0.39 is 10.0 Å². The van der Waals surface area contributed by atoms with Crippen molar-refractivity contribution in [3.05, 3.63) is 40.6 Å². The minimum absolute atomic E-state index is 0.0935. The lowest BCUT2D eigenvalue weighted by Crippen LogP contribution is -2.12. The molecule has 0 unspecified atom stereocenters. The zero-order valence-electron chi connectivity index (χ0n) is 11.5. The van der Waals surface area contributed by atoms with Crippen LogP contribution in [0.25, 0.3) is 0 Å². The lowest BCUT2D eigenvalue weighted by atomic mass is 10.3. The maximum Gasteiger partial charge on any atom is 0.263 e. The number of halogens is 1. The highest BCUT2D eigenvalue weighted by molar-refractivity contribution is 9.10. The van der Waals surface area contributed by atoms with Crippen molar-refractivity contribution in [3.8, 4) is 5.75 Å². The van der Waals surface area contributed by atoms with Gasteiger partial charge in [-0.1, -0.05) is 0 Å². The highest BCUT2D eigenvalue weighted by Gasteiger charge is 2.18. The van der Waals surface area contributed by atoms with Crippen molar-refractivity contribution >= 4 is 31.6 Å². The molecule has 0 aliphatic rings. The van der Waals surface area contributed by atoms with E-state index in [2.05, 4.69) is 20.7 Å². The Balaban J connectivity index is 2.32. The fourth-order valence-electron chi connectivity index (χ4n) is 1.82. The second-order valence-electron chi connectivity index (χ2n) is 4.39. The molecule has 0 saturated carbocycles. The zero-order valence-corrected chi connectivity index (χ0v) is 13.9. The van der Waals surface area contributed by atoms with Crippen molar-refractivity contribution in [2.45, 2.75) is 11.5 Å². The van der Waals surface area contributed by atoms with Crippen LogP contribution in [0.2, 0.25) is 0 Å². The van der Waals surface area contributed by atoms with Gasteiger partial charge in [0.1, 0.15) is 10.6 Å². The average Bonchev–Trinajstić information content (AvgIpc) is 2.82. The van der Waals surface area contributed by atoms with Crippen molar-refractivity contribution in [3.63, 3.8) is 0 Å². The fourth-order valence-corrected chi connectivity index (χ4v) is 3.37. The Morgan fingerprint density at radius 1 is 1.38 bits per heavy atom. The number of rotatable bonds is 5.